The van der Waals surface area contributed by atoms with Crippen molar-refractivity contribution in [2.45, 2.75) is 32.0 Å². The standard InChI is InChI=1S/C15H18N2OS/c1-18-10-13-14(9-16-12-7-8-12)19-15(17-13)11-5-3-2-4-6-11/h2-6,12,16H,7-10H2,1H3. The molecule has 0 bridgehead atoms. The Morgan fingerprint density at radius 3 is 2.79 bits per heavy atom. The molecule has 1 N–H and O–H groups in total. The first kappa shape index (κ1) is 12.8. The molecule has 1 fully saturated rings. The van der Waals surface area contributed by atoms with Crippen LogP contribution >= 0.6 is 11.3 Å². The third-order valence-corrected chi connectivity index (χ3v) is 4.36. The second-order valence-electron chi connectivity index (χ2n) is 4.84. The van der Waals surface area contributed by atoms with Crippen LogP contribution in [0.1, 0.15) is 23.4 Å². The molecule has 3 rings (SSSR count). The zero-order valence-electron chi connectivity index (χ0n) is 11.1. The molecule has 1 heterocycles. The van der Waals surface area contributed by atoms with E-state index in [1.54, 1.807) is 18.4 Å². The number of aromatic nitrogens is 1. The summed E-state index contributed by atoms with van der Waals surface area (Å²) in [6, 6.07) is 11.1. The summed E-state index contributed by atoms with van der Waals surface area (Å²) in [5.74, 6) is 0. The van der Waals surface area contributed by atoms with Gasteiger partial charge in [0.05, 0.1) is 12.3 Å². The summed E-state index contributed by atoms with van der Waals surface area (Å²) < 4.78 is 5.26. The van der Waals surface area contributed by atoms with E-state index in [1.807, 2.05) is 6.07 Å². The first-order chi connectivity index (χ1) is 9.36. The molecule has 1 aliphatic rings. The lowest BCUT2D eigenvalue weighted by Crippen LogP contribution is -2.15. The summed E-state index contributed by atoms with van der Waals surface area (Å²) in [6.07, 6.45) is 2.62. The molecule has 19 heavy (non-hydrogen) atoms. The van der Waals surface area contributed by atoms with Crippen molar-refractivity contribution in [1.82, 2.24) is 10.3 Å². The van der Waals surface area contributed by atoms with Gasteiger partial charge in [0.1, 0.15) is 5.01 Å². The van der Waals surface area contributed by atoms with Crippen LogP contribution in [0.5, 0.6) is 0 Å². The molecule has 100 valence electrons. The Morgan fingerprint density at radius 2 is 2.11 bits per heavy atom. The number of nitrogens with one attached hydrogen (secondary N) is 1. The van der Waals surface area contributed by atoms with Gasteiger partial charge in [0.2, 0.25) is 0 Å². The fourth-order valence-corrected chi connectivity index (χ4v) is 3.02. The molecular formula is C15H18N2OS. The molecular weight excluding hydrogens is 256 g/mol. The van der Waals surface area contributed by atoms with Gasteiger partial charge in [-0.1, -0.05) is 30.3 Å². The normalized spacial score (nSPS) is 14.8. The van der Waals surface area contributed by atoms with Crippen molar-refractivity contribution in [2.75, 3.05) is 7.11 Å². The highest BCUT2D eigenvalue weighted by atomic mass is 32.1. The van der Waals surface area contributed by atoms with E-state index in [-0.39, 0.29) is 0 Å². The zero-order valence-corrected chi connectivity index (χ0v) is 11.9. The van der Waals surface area contributed by atoms with Gasteiger partial charge in [0.25, 0.3) is 0 Å². The molecule has 0 amide bonds. The minimum Gasteiger partial charge on any atom is -0.378 e. The Labute approximate surface area is 117 Å². The van der Waals surface area contributed by atoms with Crippen molar-refractivity contribution in [1.29, 1.82) is 0 Å². The first-order valence-electron chi connectivity index (χ1n) is 6.63. The predicted molar refractivity (Wildman–Crippen MR) is 78.1 cm³/mol. The van der Waals surface area contributed by atoms with E-state index in [0.29, 0.717) is 6.61 Å². The Hall–Kier alpha value is -1.23. The van der Waals surface area contributed by atoms with Crippen molar-refractivity contribution < 1.29 is 4.74 Å². The molecule has 4 heteroatoms. The van der Waals surface area contributed by atoms with E-state index >= 15 is 0 Å². The van der Waals surface area contributed by atoms with Crippen LogP contribution in [0, 0.1) is 0 Å². The number of ether oxygens (including phenoxy) is 1. The Morgan fingerprint density at radius 1 is 1.32 bits per heavy atom. The monoisotopic (exact) mass is 274 g/mol. The van der Waals surface area contributed by atoms with Crippen LogP contribution < -0.4 is 5.32 Å². The van der Waals surface area contributed by atoms with E-state index in [2.05, 4.69) is 29.6 Å². The van der Waals surface area contributed by atoms with Crippen LogP contribution in [0.2, 0.25) is 0 Å². The van der Waals surface area contributed by atoms with Crippen LogP contribution in [-0.2, 0) is 17.9 Å². The van der Waals surface area contributed by atoms with Gasteiger partial charge in [-0.25, -0.2) is 4.98 Å². The molecule has 1 aromatic carbocycles. The Kier molecular flexibility index (Phi) is 3.92. The third kappa shape index (κ3) is 3.21. The first-order valence-corrected chi connectivity index (χ1v) is 7.45. The lowest BCUT2D eigenvalue weighted by atomic mass is 10.2. The maximum Gasteiger partial charge on any atom is 0.124 e. The Balaban J connectivity index is 1.82. The smallest absolute Gasteiger partial charge is 0.124 e. The van der Waals surface area contributed by atoms with Crippen LogP contribution in [-0.4, -0.2) is 18.1 Å². The molecule has 2 aromatic rings. The molecule has 1 aliphatic carbocycles. The molecule has 3 nitrogen and oxygen atoms in total. The summed E-state index contributed by atoms with van der Waals surface area (Å²) in [7, 11) is 1.72. The highest BCUT2D eigenvalue weighted by molar-refractivity contribution is 7.15. The topological polar surface area (TPSA) is 34.1 Å². The summed E-state index contributed by atoms with van der Waals surface area (Å²) in [4.78, 5) is 6.02. The van der Waals surface area contributed by atoms with Crippen LogP contribution in [0.25, 0.3) is 10.6 Å². The average Bonchev–Trinajstić information content (AvgIpc) is 3.19. The van der Waals surface area contributed by atoms with Gasteiger partial charge in [-0.15, -0.1) is 11.3 Å². The van der Waals surface area contributed by atoms with Gasteiger partial charge >= 0.3 is 0 Å². The molecule has 1 aromatic heterocycles. The number of nitrogens with zero attached hydrogens (tertiary/aromatic N) is 1. The van der Waals surface area contributed by atoms with Gasteiger partial charge in [0.15, 0.2) is 0 Å². The summed E-state index contributed by atoms with van der Waals surface area (Å²) in [5.41, 5.74) is 2.25. The van der Waals surface area contributed by atoms with Crippen molar-refractivity contribution in [3.63, 3.8) is 0 Å². The number of thiazole rings is 1. The SMILES string of the molecule is COCc1nc(-c2ccccc2)sc1CNC1CC1. The molecule has 0 saturated heterocycles. The molecule has 0 unspecified atom stereocenters. The van der Waals surface area contributed by atoms with E-state index in [0.717, 1.165) is 23.3 Å². The predicted octanol–water partition coefficient (Wildman–Crippen LogP) is 3.21. The van der Waals surface area contributed by atoms with Crippen molar-refractivity contribution >= 4 is 11.3 Å². The molecule has 0 radical (unpaired) electrons. The lowest BCUT2D eigenvalue weighted by Gasteiger charge is -2.02. The van der Waals surface area contributed by atoms with E-state index < -0.39 is 0 Å². The van der Waals surface area contributed by atoms with Crippen molar-refractivity contribution in [3.8, 4) is 10.6 Å². The minimum atomic E-state index is 0.588. The van der Waals surface area contributed by atoms with Crippen LogP contribution in [0.3, 0.4) is 0 Å². The van der Waals surface area contributed by atoms with Gasteiger partial charge in [-0.2, -0.15) is 0 Å². The minimum absolute atomic E-state index is 0.588. The number of hydrogen-bond donors (Lipinski definition) is 1. The van der Waals surface area contributed by atoms with E-state index in [9.17, 15) is 0 Å². The second-order valence-corrected chi connectivity index (χ2v) is 5.93. The fraction of sp³-hybridized carbons (Fsp3) is 0.400. The van der Waals surface area contributed by atoms with Crippen molar-refractivity contribution in [3.05, 3.63) is 40.9 Å². The summed E-state index contributed by atoms with van der Waals surface area (Å²) in [6.45, 7) is 1.50. The lowest BCUT2D eigenvalue weighted by molar-refractivity contribution is 0.181. The number of methoxy groups -OCH3 is 1. The van der Waals surface area contributed by atoms with Gasteiger partial charge < -0.3 is 10.1 Å². The number of hydrogen-bond acceptors (Lipinski definition) is 4. The summed E-state index contributed by atoms with van der Waals surface area (Å²) in [5, 5.41) is 4.63. The largest absolute Gasteiger partial charge is 0.378 e. The zero-order chi connectivity index (χ0) is 13.1. The molecule has 0 spiro atoms. The summed E-state index contributed by atoms with van der Waals surface area (Å²) >= 11 is 1.77. The maximum atomic E-state index is 5.26. The second kappa shape index (κ2) is 5.82. The average molecular weight is 274 g/mol. The quantitative estimate of drug-likeness (QED) is 0.878. The third-order valence-electron chi connectivity index (χ3n) is 3.21. The highest BCUT2D eigenvalue weighted by Crippen LogP contribution is 2.29. The molecule has 0 aliphatic heterocycles. The highest BCUT2D eigenvalue weighted by Gasteiger charge is 2.21. The number of rotatable bonds is 6. The number of benzene rings is 1. The van der Waals surface area contributed by atoms with Gasteiger partial charge in [0, 0.05) is 30.1 Å². The van der Waals surface area contributed by atoms with E-state index in [1.165, 1.54) is 23.3 Å². The van der Waals surface area contributed by atoms with E-state index in [4.69, 9.17) is 9.72 Å². The van der Waals surface area contributed by atoms with Crippen LogP contribution in [0.4, 0.5) is 0 Å². The molecule has 1 saturated carbocycles. The fourth-order valence-electron chi connectivity index (χ4n) is 2.00. The van der Waals surface area contributed by atoms with Crippen molar-refractivity contribution in [2.24, 2.45) is 0 Å². The molecule has 0 atom stereocenters. The Bertz CT molecular complexity index is 534. The van der Waals surface area contributed by atoms with Gasteiger partial charge in [-0.05, 0) is 12.8 Å². The van der Waals surface area contributed by atoms with Gasteiger partial charge in [-0.3, -0.25) is 0 Å². The van der Waals surface area contributed by atoms with Crippen LogP contribution in [0.15, 0.2) is 30.3 Å². The maximum absolute atomic E-state index is 5.26.